The fourth-order valence-corrected chi connectivity index (χ4v) is 3.44. The molecule has 1 N–H and O–H groups in total. The zero-order valence-electron chi connectivity index (χ0n) is 16.0. The van der Waals surface area contributed by atoms with Gasteiger partial charge in [-0.15, -0.1) is 0 Å². The second-order valence-electron chi connectivity index (χ2n) is 6.84. The summed E-state index contributed by atoms with van der Waals surface area (Å²) in [5, 5.41) is 3.03. The van der Waals surface area contributed by atoms with Gasteiger partial charge < -0.3 is 19.5 Å². The van der Waals surface area contributed by atoms with Gasteiger partial charge in [0.2, 0.25) is 5.75 Å². The first-order chi connectivity index (χ1) is 13.2. The van der Waals surface area contributed by atoms with Crippen molar-refractivity contribution in [2.75, 3.05) is 20.8 Å². The zero-order chi connectivity index (χ0) is 19.1. The Morgan fingerprint density at radius 1 is 1.04 bits per heavy atom. The Morgan fingerprint density at radius 2 is 1.67 bits per heavy atom. The molecule has 27 heavy (non-hydrogen) atoms. The van der Waals surface area contributed by atoms with Crippen molar-refractivity contribution < 1.29 is 19.0 Å². The largest absolute Gasteiger partial charge is 0.493 e. The summed E-state index contributed by atoms with van der Waals surface area (Å²) in [6.07, 6.45) is 4.91. The molecule has 3 rings (SSSR count). The Labute approximate surface area is 160 Å². The van der Waals surface area contributed by atoms with Crippen LogP contribution < -0.4 is 19.5 Å². The van der Waals surface area contributed by atoms with Crippen LogP contribution in [-0.2, 0) is 6.61 Å². The second-order valence-corrected chi connectivity index (χ2v) is 6.84. The zero-order valence-corrected chi connectivity index (χ0v) is 16.0. The van der Waals surface area contributed by atoms with E-state index in [1.54, 1.807) is 26.4 Å². The Morgan fingerprint density at radius 3 is 2.26 bits per heavy atom. The van der Waals surface area contributed by atoms with Crippen molar-refractivity contribution in [3.8, 4) is 17.2 Å². The van der Waals surface area contributed by atoms with Gasteiger partial charge in [-0.05, 0) is 36.5 Å². The van der Waals surface area contributed by atoms with E-state index in [1.807, 2.05) is 30.3 Å². The summed E-state index contributed by atoms with van der Waals surface area (Å²) >= 11 is 0. The highest BCUT2D eigenvalue weighted by atomic mass is 16.5. The van der Waals surface area contributed by atoms with Gasteiger partial charge in [0.1, 0.15) is 6.61 Å². The van der Waals surface area contributed by atoms with Gasteiger partial charge >= 0.3 is 0 Å². The summed E-state index contributed by atoms with van der Waals surface area (Å²) in [6.45, 7) is 1.11. The number of benzene rings is 2. The highest BCUT2D eigenvalue weighted by Crippen LogP contribution is 2.39. The SMILES string of the molecule is COc1cc(C(=O)NCC2CCCC2)cc(OC)c1OCc1ccccc1. The van der Waals surface area contributed by atoms with Gasteiger partial charge in [-0.1, -0.05) is 43.2 Å². The summed E-state index contributed by atoms with van der Waals surface area (Å²) < 4.78 is 16.9. The number of rotatable bonds is 8. The minimum absolute atomic E-state index is 0.117. The van der Waals surface area contributed by atoms with Crippen molar-refractivity contribution in [1.82, 2.24) is 5.32 Å². The molecule has 1 saturated carbocycles. The lowest BCUT2D eigenvalue weighted by Gasteiger charge is -2.17. The highest BCUT2D eigenvalue weighted by Gasteiger charge is 2.20. The number of carbonyl (C=O) groups is 1. The van der Waals surface area contributed by atoms with Crippen LogP contribution >= 0.6 is 0 Å². The third kappa shape index (κ3) is 4.94. The number of amides is 1. The fourth-order valence-electron chi connectivity index (χ4n) is 3.44. The van der Waals surface area contributed by atoms with Gasteiger partial charge in [0.25, 0.3) is 5.91 Å². The summed E-state index contributed by atoms with van der Waals surface area (Å²) in [4.78, 5) is 12.6. The summed E-state index contributed by atoms with van der Waals surface area (Å²) in [6, 6.07) is 13.3. The Bertz CT molecular complexity index is 729. The van der Waals surface area contributed by atoms with Crippen LogP contribution in [0.4, 0.5) is 0 Å². The maximum absolute atomic E-state index is 12.6. The van der Waals surface area contributed by atoms with E-state index >= 15 is 0 Å². The van der Waals surface area contributed by atoms with Crippen molar-refractivity contribution in [1.29, 1.82) is 0 Å². The van der Waals surface area contributed by atoms with Gasteiger partial charge in [0, 0.05) is 12.1 Å². The predicted octanol–water partition coefficient (Wildman–Crippen LogP) is 4.20. The van der Waals surface area contributed by atoms with Crippen molar-refractivity contribution in [3.63, 3.8) is 0 Å². The number of nitrogens with one attached hydrogen (secondary N) is 1. The van der Waals surface area contributed by atoms with Crippen LogP contribution in [0.15, 0.2) is 42.5 Å². The van der Waals surface area contributed by atoms with E-state index in [0.717, 1.165) is 12.1 Å². The standard InChI is InChI=1S/C22H27NO4/c1-25-19-12-18(22(24)23-14-16-8-6-7-9-16)13-20(26-2)21(19)27-15-17-10-4-3-5-11-17/h3-5,10-13,16H,6-9,14-15H2,1-2H3,(H,23,24). The molecular formula is C22H27NO4. The van der Waals surface area contributed by atoms with E-state index in [9.17, 15) is 4.79 Å². The number of ether oxygens (including phenoxy) is 3. The Kier molecular flexibility index (Phi) is 6.58. The number of hydrogen-bond donors (Lipinski definition) is 1. The molecule has 0 radical (unpaired) electrons. The molecule has 2 aromatic rings. The molecular weight excluding hydrogens is 342 g/mol. The molecule has 0 heterocycles. The van der Waals surface area contributed by atoms with Crippen LogP contribution in [-0.4, -0.2) is 26.7 Å². The molecule has 144 valence electrons. The Balaban J connectivity index is 1.73. The summed E-state index contributed by atoms with van der Waals surface area (Å²) in [5.74, 6) is 1.93. The maximum Gasteiger partial charge on any atom is 0.251 e. The quantitative estimate of drug-likeness (QED) is 0.758. The minimum atomic E-state index is -0.117. The van der Waals surface area contributed by atoms with Crippen LogP contribution in [0.5, 0.6) is 17.2 Å². The van der Waals surface area contributed by atoms with Gasteiger partial charge in [0.15, 0.2) is 11.5 Å². The average molecular weight is 369 g/mol. The summed E-state index contributed by atoms with van der Waals surface area (Å²) in [5.41, 5.74) is 1.55. The number of hydrogen-bond acceptors (Lipinski definition) is 4. The van der Waals surface area contributed by atoms with Crippen molar-refractivity contribution >= 4 is 5.91 Å². The normalized spacial score (nSPS) is 14.0. The molecule has 2 aromatic carbocycles. The maximum atomic E-state index is 12.6. The highest BCUT2D eigenvalue weighted by molar-refractivity contribution is 5.95. The van der Waals surface area contributed by atoms with Gasteiger partial charge in [0.05, 0.1) is 14.2 Å². The third-order valence-electron chi connectivity index (χ3n) is 4.97. The molecule has 0 aromatic heterocycles. The van der Waals surface area contributed by atoms with E-state index < -0.39 is 0 Å². The van der Waals surface area contributed by atoms with Crippen molar-refractivity contribution in [2.24, 2.45) is 5.92 Å². The molecule has 0 saturated heterocycles. The molecule has 0 atom stereocenters. The summed E-state index contributed by atoms with van der Waals surface area (Å²) in [7, 11) is 3.12. The van der Waals surface area contributed by atoms with Gasteiger partial charge in [-0.25, -0.2) is 0 Å². The number of carbonyl (C=O) groups excluding carboxylic acids is 1. The van der Waals surface area contributed by atoms with E-state index in [1.165, 1.54) is 25.7 Å². The number of methoxy groups -OCH3 is 2. The predicted molar refractivity (Wildman–Crippen MR) is 105 cm³/mol. The van der Waals surface area contributed by atoms with Crippen molar-refractivity contribution in [2.45, 2.75) is 32.3 Å². The topological polar surface area (TPSA) is 56.8 Å². The van der Waals surface area contributed by atoms with Crippen LogP contribution in [0.25, 0.3) is 0 Å². The first kappa shape index (κ1) is 19.1. The second kappa shape index (κ2) is 9.31. The molecule has 0 unspecified atom stereocenters. The lowest BCUT2D eigenvalue weighted by Crippen LogP contribution is -2.28. The van der Waals surface area contributed by atoms with Gasteiger partial charge in [-0.3, -0.25) is 4.79 Å². The molecule has 0 spiro atoms. The van der Waals surface area contributed by atoms with Crippen LogP contribution in [0.2, 0.25) is 0 Å². The third-order valence-corrected chi connectivity index (χ3v) is 4.97. The average Bonchev–Trinajstić information content (AvgIpc) is 3.24. The Hall–Kier alpha value is -2.69. The molecule has 0 bridgehead atoms. The van der Waals surface area contributed by atoms with E-state index in [-0.39, 0.29) is 5.91 Å². The lowest BCUT2D eigenvalue weighted by molar-refractivity contribution is 0.0946. The molecule has 1 aliphatic rings. The minimum Gasteiger partial charge on any atom is -0.493 e. The van der Waals surface area contributed by atoms with Gasteiger partial charge in [-0.2, -0.15) is 0 Å². The van der Waals surface area contributed by atoms with Crippen LogP contribution in [0, 0.1) is 5.92 Å². The van der Waals surface area contributed by atoms with E-state index in [0.29, 0.717) is 35.3 Å². The smallest absolute Gasteiger partial charge is 0.251 e. The fraction of sp³-hybridized carbons (Fsp3) is 0.409. The first-order valence-electron chi connectivity index (χ1n) is 9.42. The first-order valence-corrected chi connectivity index (χ1v) is 9.42. The molecule has 0 aliphatic heterocycles. The molecule has 1 aliphatic carbocycles. The molecule has 1 fully saturated rings. The van der Waals surface area contributed by atoms with Crippen molar-refractivity contribution in [3.05, 3.63) is 53.6 Å². The van der Waals surface area contributed by atoms with E-state index in [2.05, 4.69) is 5.32 Å². The van der Waals surface area contributed by atoms with Crippen LogP contribution in [0.1, 0.15) is 41.6 Å². The monoisotopic (exact) mass is 369 g/mol. The lowest BCUT2D eigenvalue weighted by atomic mass is 10.1. The molecule has 5 nitrogen and oxygen atoms in total. The molecule has 1 amide bonds. The van der Waals surface area contributed by atoms with E-state index in [4.69, 9.17) is 14.2 Å². The molecule has 5 heteroatoms. The van der Waals surface area contributed by atoms with Crippen LogP contribution in [0.3, 0.4) is 0 Å².